The first-order valence-corrected chi connectivity index (χ1v) is 11.9. The molecular formula is C23H33Cl2N3O2. The molecule has 1 heterocycles. The van der Waals surface area contributed by atoms with E-state index in [9.17, 15) is 9.59 Å². The van der Waals surface area contributed by atoms with Gasteiger partial charge in [0.15, 0.2) is 0 Å². The Bertz CT molecular complexity index is 744. The lowest BCUT2D eigenvalue weighted by Gasteiger charge is -2.36. The molecule has 1 aliphatic heterocycles. The van der Waals surface area contributed by atoms with Gasteiger partial charge in [0.2, 0.25) is 11.8 Å². The predicted molar refractivity (Wildman–Crippen MR) is 122 cm³/mol. The molecule has 1 aliphatic carbocycles. The van der Waals surface area contributed by atoms with Crippen molar-refractivity contribution in [3.05, 3.63) is 33.8 Å². The molecule has 1 aromatic carbocycles. The molecule has 2 aliphatic rings. The first-order chi connectivity index (χ1) is 14.3. The Hall–Kier alpha value is -1.30. The average Bonchev–Trinajstić information content (AvgIpc) is 2.74. The highest BCUT2D eigenvalue weighted by atomic mass is 35.5. The van der Waals surface area contributed by atoms with Crippen LogP contribution in [0.4, 0.5) is 0 Å². The zero-order valence-electron chi connectivity index (χ0n) is 17.9. The number of nitrogens with one attached hydrogen (secondary N) is 2. The molecule has 3 rings (SSSR count). The molecule has 30 heavy (non-hydrogen) atoms. The van der Waals surface area contributed by atoms with Crippen molar-refractivity contribution in [1.29, 1.82) is 0 Å². The summed E-state index contributed by atoms with van der Waals surface area (Å²) in [7, 11) is 0. The third kappa shape index (κ3) is 6.12. The Morgan fingerprint density at radius 2 is 1.70 bits per heavy atom. The molecule has 0 aromatic heterocycles. The van der Waals surface area contributed by atoms with Crippen molar-refractivity contribution in [2.75, 3.05) is 13.1 Å². The van der Waals surface area contributed by atoms with Gasteiger partial charge in [-0.05, 0) is 57.2 Å². The minimum atomic E-state index is -0.228. The maximum Gasteiger partial charge on any atom is 0.237 e. The highest BCUT2D eigenvalue weighted by Crippen LogP contribution is 2.27. The minimum Gasteiger partial charge on any atom is -0.353 e. The van der Waals surface area contributed by atoms with E-state index < -0.39 is 0 Å². The molecule has 7 heteroatoms. The number of amides is 2. The molecule has 2 amide bonds. The minimum absolute atomic E-state index is 0.0155. The van der Waals surface area contributed by atoms with Crippen molar-refractivity contribution in [2.45, 2.75) is 76.9 Å². The molecule has 2 fully saturated rings. The van der Waals surface area contributed by atoms with Gasteiger partial charge in [0.1, 0.15) is 0 Å². The van der Waals surface area contributed by atoms with E-state index >= 15 is 0 Å². The summed E-state index contributed by atoms with van der Waals surface area (Å²) >= 11 is 12.2. The number of likely N-dealkylation sites (tertiary alicyclic amines) is 1. The van der Waals surface area contributed by atoms with Crippen molar-refractivity contribution in [2.24, 2.45) is 5.92 Å². The molecule has 1 aromatic rings. The van der Waals surface area contributed by atoms with E-state index in [-0.39, 0.29) is 35.9 Å². The fourth-order valence-corrected chi connectivity index (χ4v) is 5.12. The number of halogens is 2. The van der Waals surface area contributed by atoms with Crippen LogP contribution >= 0.6 is 23.2 Å². The Balaban J connectivity index is 1.45. The van der Waals surface area contributed by atoms with Crippen molar-refractivity contribution < 1.29 is 9.59 Å². The molecule has 0 bridgehead atoms. The van der Waals surface area contributed by atoms with Gasteiger partial charge in [-0.3, -0.25) is 14.5 Å². The third-order valence-electron chi connectivity index (χ3n) is 6.57. The lowest BCUT2D eigenvalue weighted by atomic mass is 9.88. The van der Waals surface area contributed by atoms with Crippen LogP contribution in [0.5, 0.6) is 0 Å². The van der Waals surface area contributed by atoms with Crippen molar-refractivity contribution in [3.8, 4) is 0 Å². The van der Waals surface area contributed by atoms with Crippen LogP contribution in [0.25, 0.3) is 0 Å². The monoisotopic (exact) mass is 453 g/mol. The number of carbonyl (C=O) groups excluding carboxylic acids is 2. The van der Waals surface area contributed by atoms with Crippen molar-refractivity contribution in [3.63, 3.8) is 0 Å². The molecule has 2 atom stereocenters. The number of nitrogens with zero attached hydrogens (tertiary/aromatic N) is 1. The molecule has 2 unspecified atom stereocenters. The Morgan fingerprint density at radius 1 is 1.03 bits per heavy atom. The normalized spacial score (nSPS) is 21.1. The summed E-state index contributed by atoms with van der Waals surface area (Å²) in [5.74, 6) is 0.411. The van der Waals surface area contributed by atoms with Crippen LogP contribution in [0.2, 0.25) is 10.0 Å². The van der Waals surface area contributed by atoms with Gasteiger partial charge in [-0.2, -0.15) is 0 Å². The number of piperidine rings is 1. The Kier molecular flexibility index (Phi) is 8.44. The van der Waals surface area contributed by atoms with Gasteiger partial charge in [0.05, 0.1) is 12.1 Å². The average molecular weight is 454 g/mol. The van der Waals surface area contributed by atoms with E-state index in [1.807, 2.05) is 19.9 Å². The van der Waals surface area contributed by atoms with Gasteiger partial charge >= 0.3 is 0 Å². The Labute approximate surface area is 189 Å². The fraction of sp³-hybridized carbons (Fsp3) is 0.652. The van der Waals surface area contributed by atoms with E-state index in [4.69, 9.17) is 23.2 Å². The number of benzene rings is 1. The van der Waals surface area contributed by atoms with Crippen LogP contribution in [0.3, 0.4) is 0 Å². The Morgan fingerprint density at radius 3 is 2.33 bits per heavy atom. The highest BCUT2D eigenvalue weighted by molar-refractivity contribution is 6.35. The van der Waals surface area contributed by atoms with E-state index in [2.05, 4.69) is 15.5 Å². The van der Waals surface area contributed by atoms with Gasteiger partial charge < -0.3 is 10.6 Å². The zero-order chi connectivity index (χ0) is 21.7. The first kappa shape index (κ1) is 23.4. The molecule has 0 spiro atoms. The van der Waals surface area contributed by atoms with Crippen LogP contribution in [-0.2, 0) is 9.59 Å². The van der Waals surface area contributed by atoms with Gasteiger partial charge in [0, 0.05) is 35.1 Å². The van der Waals surface area contributed by atoms with Gasteiger partial charge in [-0.1, -0.05) is 48.5 Å². The van der Waals surface area contributed by atoms with Crippen LogP contribution in [-0.4, -0.2) is 41.9 Å². The maximum atomic E-state index is 12.8. The molecule has 1 saturated carbocycles. The summed E-state index contributed by atoms with van der Waals surface area (Å²) in [6.07, 6.45) is 7.41. The fourth-order valence-electron chi connectivity index (χ4n) is 4.55. The van der Waals surface area contributed by atoms with Crippen LogP contribution in [0.15, 0.2) is 18.2 Å². The summed E-state index contributed by atoms with van der Waals surface area (Å²) < 4.78 is 0. The molecular weight excluding hydrogens is 421 g/mol. The SMILES string of the molecule is CC(NC(=O)C(C)N1CCC(NC(=O)C2CCCCC2)CC1)c1ccc(Cl)cc1Cl. The smallest absolute Gasteiger partial charge is 0.237 e. The lowest BCUT2D eigenvalue weighted by Crippen LogP contribution is -2.52. The zero-order valence-corrected chi connectivity index (χ0v) is 19.4. The second kappa shape index (κ2) is 10.8. The van der Waals surface area contributed by atoms with Gasteiger partial charge in [-0.15, -0.1) is 0 Å². The molecule has 2 N–H and O–H groups in total. The highest BCUT2D eigenvalue weighted by Gasteiger charge is 2.29. The van der Waals surface area contributed by atoms with Crippen molar-refractivity contribution in [1.82, 2.24) is 15.5 Å². The number of carbonyl (C=O) groups is 2. The van der Waals surface area contributed by atoms with Gasteiger partial charge in [0.25, 0.3) is 0 Å². The molecule has 5 nitrogen and oxygen atoms in total. The molecule has 0 radical (unpaired) electrons. The lowest BCUT2D eigenvalue weighted by molar-refractivity contribution is -0.129. The first-order valence-electron chi connectivity index (χ1n) is 11.1. The van der Waals surface area contributed by atoms with E-state index in [1.54, 1.807) is 12.1 Å². The summed E-state index contributed by atoms with van der Waals surface area (Å²) in [5, 5.41) is 7.44. The second-order valence-corrected chi connectivity index (χ2v) is 9.57. The summed E-state index contributed by atoms with van der Waals surface area (Å²) in [6.45, 7) is 5.47. The third-order valence-corrected chi connectivity index (χ3v) is 7.13. The summed E-state index contributed by atoms with van der Waals surface area (Å²) in [5.41, 5.74) is 0.853. The predicted octanol–water partition coefficient (Wildman–Crippen LogP) is 4.72. The number of hydrogen-bond acceptors (Lipinski definition) is 3. The number of hydrogen-bond donors (Lipinski definition) is 2. The second-order valence-electron chi connectivity index (χ2n) is 8.73. The van der Waals surface area contributed by atoms with Crippen LogP contribution in [0, 0.1) is 5.92 Å². The summed E-state index contributed by atoms with van der Waals surface area (Å²) in [4.78, 5) is 27.5. The summed E-state index contributed by atoms with van der Waals surface area (Å²) in [6, 6.07) is 5.11. The van der Waals surface area contributed by atoms with Crippen LogP contribution < -0.4 is 10.6 Å². The molecule has 1 saturated heterocycles. The topological polar surface area (TPSA) is 61.4 Å². The van der Waals surface area contributed by atoms with E-state index in [0.717, 1.165) is 44.3 Å². The molecule has 166 valence electrons. The standard InChI is InChI=1S/C23H33Cl2N3O2/c1-15(20-9-8-18(24)14-21(20)25)26-22(29)16(2)28-12-10-19(11-13-28)27-23(30)17-6-4-3-5-7-17/h8-9,14-17,19H,3-7,10-13H2,1-2H3,(H,26,29)(H,27,30). The van der Waals surface area contributed by atoms with Crippen molar-refractivity contribution >= 4 is 35.0 Å². The van der Waals surface area contributed by atoms with E-state index in [1.165, 1.54) is 19.3 Å². The van der Waals surface area contributed by atoms with E-state index in [0.29, 0.717) is 10.0 Å². The van der Waals surface area contributed by atoms with Crippen LogP contribution in [0.1, 0.15) is 70.4 Å². The maximum absolute atomic E-state index is 12.8. The quantitative estimate of drug-likeness (QED) is 0.654. The van der Waals surface area contributed by atoms with Gasteiger partial charge in [-0.25, -0.2) is 0 Å². The largest absolute Gasteiger partial charge is 0.353 e. The number of rotatable bonds is 6.